The van der Waals surface area contributed by atoms with Crippen molar-refractivity contribution < 1.29 is 33.3 Å². The van der Waals surface area contributed by atoms with Crippen LogP contribution in [0.15, 0.2) is 102 Å². The number of fused-ring (bicyclic) bond motifs is 1. The molecule has 0 aromatic heterocycles. The van der Waals surface area contributed by atoms with E-state index in [0.29, 0.717) is 46.1 Å². The highest BCUT2D eigenvalue weighted by atomic mass is 16.7. The van der Waals surface area contributed by atoms with Gasteiger partial charge in [0.15, 0.2) is 23.0 Å². The molecule has 2 N–H and O–H groups in total. The zero-order chi connectivity index (χ0) is 30.9. The molecule has 4 aromatic carbocycles. The van der Waals surface area contributed by atoms with Crippen LogP contribution in [0.5, 0.6) is 23.0 Å². The second kappa shape index (κ2) is 13.8. The Hall–Kier alpha value is -5.90. The quantitative estimate of drug-likeness (QED) is 0.0847. The average Bonchev–Trinajstić information content (AvgIpc) is 3.51. The van der Waals surface area contributed by atoms with Gasteiger partial charge in [0.1, 0.15) is 5.70 Å². The molecule has 0 bridgehead atoms. The fraction of sp³-hybridized carbons (Fsp3) is 0.118. The van der Waals surface area contributed by atoms with Gasteiger partial charge in [-0.05, 0) is 85.6 Å². The number of carbonyl (C=O) groups excluding carboxylic acids is 3. The number of aryl methyl sites for hydroxylation is 1. The lowest BCUT2D eigenvalue weighted by atomic mass is 10.1. The summed E-state index contributed by atoms with van der Waals surface area (Å²) < 4.78 is 22.0. The maximum absolute atomic E-state index is 13.2. The van der Waals surface area contributed by atoms with E-state index in [2.05, 4.69) is 15.8 Å². The second-order valence-corrected chi connectivity index (χ2v) is 9.58. The molecule has 1 heterocycles. The van der Waals surface area contributed by atoms with Crippen LogP contribution in [0.1, 0.15) is 44.3 Å². The van der Waals surface area contributed by atoms with Gasteiger partial charge in [0.05, 0.1) is 18.4 Å². The van der Waals surface area contributed by atoms with Crippen LogP contribution in [0, 0.1) is 6.92 Å². The smallest absolute Gasteiger partial charge is 0.343 e. The molecule has 0 saturated heterocycles. The van der Waals surface area contributed by atoms with E-state index >= 15 is 0 Å². The molecular formula is C34H29N3O7. The molecule has 0 aliphatic carbocycles. The molecule has 0 radical (unpaired) electrons. The normalized spacial score (nSPS) is 12.1. The molecule has 0 saturated carbocycles. The summed E-state index contributed by atoms with van der Waals surface area (Å²) in [6.45, 7) is 4.19. The second-order valence-electron chi connectivity index (χ2n) is 9.58. The van der Waals surface area contributed by atoms with Gasteiger partial charge in [-0.15, -0.1) is 0 Å². The van der Waals surface area contributed by atoms with Crippen molar-refractivity contribution in [1.82, 2.24) is 10.7 Å². The van der Waals surface area contributed by atoms with Crippen molar-refractivity contribution in [3.63, 3.8) is 0 Å². The van der Waals surface area contributed by atoms with Crippen LogP contribution in [0.2, 0.25) is 0 Å². The van der Waals surface area contributed by atoms with Gasteiger partial charge < -0.3 is 24.3 Å². The number of amides is 2. The van der Waals surface area contributed by atoms with Crippen molar-refractivity contribution in [3.8, 4) is 23.0 Å². The van der Waals surface area contributed by atoms with E-state index in [4.69, 9.17) is 18.9 Å². The zero-order valence-corrected chi connectivity index (χ0v) is 24.0. The van der Waals surface area contributed by atoms with Gasteiger partial charge in [0.25, 0.3) is 11.8 Å². The van der Waals surface area contributed by atoms with E-state index < -0.39 is 17.8 Å². The Morgan fingerprint density at radius 2 is 1.59 bits per heavy atom. The van der Waals surface area contributed by atoms with Crippen LogP contribution in [0.25, 0.3) is 6.08 Å². The molecule has 44 heavy (non-hydrogen) atoms. The van der Waals surface area contributed by atoms with Crippen molar-refractivity contribution >= 4 is 30.1 Å². The first kappa shape index (κ1) is 29.6. The van der Waals surface area contributed by atoms with Gasteiger partial charge in [-0.25, -0.2) is 10.2 Å². The summed E-state index contributed by atoms with van der Waals surface area (Å²) in [5, 5.41) is 6.73. The van der Waals surface area contributed by atoms with Crippen molar-refractivity contribution in [3.05, 3.63) is 125 Å². The minimum atomic E-state index is -0.656. The van der Waals surface area contributed by atoms with E-state index in [1.807, 2.05) is 26.0 Å². The van der Waals surface area contributed by atoms with Crippen LogP contribution in [0.4, 0.5) is 0 Å². The largest absolute Gasteiger partial charge is 0.490 e. The fourth-order valence-electron chi connectivity index (χ4n) is 4.14. The maximum atomic E-state index is 13.2. The molecule has 1 aliphatic heterocycles. The van der Waals surface area contributed by atoms with Crippen molar-refractivity contribution in [2.45, 2.75) is 13.8 Å². The Morgan fingerprint density at radius 3 is 2.36 bits per heavy atom. The summed E-state index contributed by atoms with van der Waals surface area (Å²) >= 11 is 0. The molecule has 0 spiro atoms. The minimum absolute atomic E-state index is 0.0387. The molecular weight excluding hydrogens is 562 g/mol. The van der Waals surface area contributed by atoms with Crippen LogP contribution < -0.4 is 29.7 Å². The van der Waals surface area contributed by atoms with Crippen LogP contribution >= 0.6 is 0 Å². The first-order chi connectivity index (χ1) is 21.4. The molecule has 2 amide bonds. The number of benzene rings is 4. The number of hydrogen-bond donors (Lipinski definition) is 2. The molecule has 4 aromatic rings. The van der Waals surface area contributed by atoms with Crippen molar-refractivity contribution in [2.75, 3.05) is 13.4 Å². The van der Waals surface area contributed by atoms with E-state index in [1.165, 1.54) is 12.3 Å². The molecule has 222 valence electrons. The number of hydrazone groups is 1. The third-order valence-corrected chi connectivity index (χ3v) is 6.37. The number of nitrogens with one attached hydrogen (secondary N) is 2. The fourth-order valence-corrected chi connectivity index (χ4v) is 4.14. The van der Waals surface area contributed by atoms with E-state index in [9.17, 15) is 14.4 Å². The van der Waals surface area contributed by atoms with Crippen LogP contribution in [0.3, 0.4) is 0 Å². The highest BCUT2D eigenvalue weighted by Crippen LogP contribution is 2.33. The summed E-state index contributed by atoms with van der Waals surface area (Å²) in [6, 6.07) is 25.6. The van der Waals surface area contributed by atoms with E-state index in [1.54, 1.807) is 78.9 Å². The third kappa shape index (κ3) is 7.48. The minimum Gasteiger partial charge on any atom is -0.490 e. The molecule has 0 atom stereocenters. The molecule has 10 nitrogen and oxygen atoms in total. The summed E-state index contributed by atoms with van der Waals surface area (Å²) in [5.74, 6) is 0.0695. The Labute approximate surface area is 253 Å². The molecule has 5 rings (SSSR count). The molecule has 10 heteroatoms. The van der Waals surface area contributed by atoms with Gasteiger partial charge in [-0.2, -0.15) is 5.10 Å². The van der Waals surface area contributed by atoms with Gasteiger partial charge in [-0.3, -0.25) is 9.59 Å². The number of esters is 1. The lowest BCUT2D eigenvalue weighted by molar-refractivity contribution is -0.117. The summed E-state index contributed by atoms with van der Waals surface area (Å²) in [4.78, 5) is 38.7. The SMILES string of the molecule is CCOc1cc(/C=N/NC(=O)/C(=C\c2ccc3c(c2)OCO3)NC(=O)c2ccccc2)ccc1OC(=O)c1ccc(C)cc1. The Kier molecular flexibility index (Phi) is 9.31. The van der Waals surface area contributed by atoms with Crippen LogP contribution in [-0.4, -0.2) is 37.4 Å². The van der Waals surface area contributed by atoms with Crippen LogP contribution in [-0.2, 0) is 4.79 Å². The summed E-state index contributed by atoms with van der Waals surface area (Å²) in [6.07, 6.45) is 2.92. The van der Waals surface area contributed by atoms with Gasteiger partial charge >= 0.3 is 5.97 Å². The predicted octanol–water partition coefficient (Wildman–Crippen LogP) is 5.26. The first-order valence-corrected chi connectivity index (χ1v) is 13.8. The summed E-state index contributed by atoms with van der Waals surface area (Å²) in [5.41, 5.74) is 5.41. The van der Waals surface area contributed by atoms with Gasteiger partial charge in [0.2, 0.25) is 6.79 Å². The topological polar surface area (TPSA) is 125 Å². The Morgan fingerprint density at radius 1 is 0.841 bits per heavy atom. The Bertz CT molecular complexity index is 1730. The van der Waals surface area contributed by atoms with Gasteiger partial charge in [0, 0.05) is 5.56 Å². The average molecular weight is 592 g/mol. The zero-order valence-electron chi connectivity index (χ0n) is 24.0. The standard InChI is InChI=1S/C34H29N3O7/c1-3-41-31-19-24(12-16-29(31)44-34(40)26-13-9-22(2)10-14-26)20-35-37-33(39)27(36-32(38)25-7-5-4-6-8-25)17-23-11-15-28-30(18-23)43-21-42-28/h4-20H,3,21H2,1-2H3,(H,36,38)(H,37,39)/b27-17+,35-20+. The lowest BCUT2D eigenvalue weighted by Gasteiger charge is -2.12. The summed E-state index contributed by atoms with van der Waals surface area (Å²) in [7, 11) is 0. The molecule has 1 aliphatic rings. The van der Waals surface area contributed by atoms with Crippen molar-refractivity contribution in [2.24, 2.45) is 5.10 Å². The number of carbonyl (C=O) groups is 3. The van der Waals surface area contributed by atoms with Gasteiger partial charge in [-0.1, -0.05) is 42.0 Å². The van der Waals surface area contributed by atoms with E-state index in [0.717, 1.165) is 5.56 Å². The monoisotopic (exact) mass is 591 g/mol. The maximum Gasteiger partial charge on any atom is 0.343 e. The number of hydrogen-bond acceptors (Lipinski definition) is 8. The highest BCUT2D eigenvalue weighted by Gasteiger charge is 2.17. The van der Waals surface area contributed by atoms with Crippen molar-refractivity contribution in [1.29, 1.82) is 0 Å². The Balaban J connectivity index is 1.31. The predicted molar refractivity (Wildman–Crippen MR) is 164 cm³/mol. The first-order valence-electron chi connectivity index (χ1n) is 13.8. The lowest BCUT2D eigenvalue weighted by Crippen LogP contribution is -2.32. The van der Waals surface area contributed by atoms with E-state index in [-0.39, 0.29) is 18.2 Å². The number of nitrogens with zero attached hydrogens (tertiary/aromatic N) is 1. The number of rotatable bonds is 10. The number of ether oxygens (including phenoxy) is 4. The highest BCUT2D eigenvalue weighted by molar-refractivity contribution is 6.05. The third-order valence-electron chi connectivity index (χ3n) is 6.37. The molecule has 0 unspecified atom stereocenters. The molecule has 0 fully saturated rings.